The van der Waals surface area contributed by atoms with Crippen LogP contribution in [0.5, 0.6) is 5.75 Å². The molecule has 2 N–H and O–H groups in total. The largest absolute Gasteiger partial charge is 0.539 e. The molecule has 0 unspecified atom stereocenters. The van der Waals surface area contributed by atoms with Gasteiger partial charge in [-0.2, -0.15) is 0 Å². The number of anilines is 2. The van der Waals surface area contributed by atoms with Gasteiger partial charge in [0.15, 0.2) is 0 Å². The van der Waals surface area contributed by atoms with E-state index in [1.807, 2.05) is 30.3 Å². The molecule has 3 nitrogen and oxygen atoms in total. The van der Waals surface area contributed by atoms with Crippen molar-refractivity contribution < 1.29 is 9.68 Å². The summed E-state index contributed by atoms with van der Waals surface area (Å²) in [5, 5.41) is 12.1. The molecule has 0 bridgehead atoms. The third-order valence-corrected chi connectivity index (χ3v) is 3.69. The Morgan fingerprint density at radius 2 is 1.88 bits per heavy atom. The van der Waals surface area contributed by atoms with Crippen molar-refractivity contribution in [1.82, 2.24) is 0 Å². The fraction of sp³-hybridized carbons (Fsp3) is 0. The maximum Gasteiger partial charge on any atom is 0.504 e. The van der Waals surface area contributed by atoms with Crippen LogP contribution in [0.1, 0.15) is 0 Å². The first kappa shape index (κ1) is 10.6. The lowest BCUT2D eigenvalue weighted by Crippen LogP contribution is -2.02. The number of hydrogen-bond donors (Lipinski definition) is 2. The van der Waals surface area contributed by atoms with Crippen LogP contribution < -0.4 is 9.97 Å². The Kier molecular flexibility index (Phi) is 2.70. The molecule has 17 heavy (non-hydrogen) atoms. The van der Waals surface area contributed by atoms with Crippen LogP contribution in [-0.4, -0.2) is 12.7 Å². The summed E-state index contributed by atoms with van der Waals surface area (Å²) in [5.41, 5.74) is 2.19. The lowest BCUT2D eigenvalue weighted by Gasteiger charge is -2.21. The van der Waals surface area contributed by atoms with Gasteiger partial charge in [-0.15, -0.1) is 0 Å². The molecule has 2 aromatic carbocycles. The summed E-state index contributed by atoms with van der Waals surface area (Å²) in [7, 11) is -0.298. The highest BCUT2D eigenvalue weighted by Gasteiger charge is 2.15. The second-order valence-corrected chi connectivity index (χ2v) is 4.74. The normalized spacial score (nSPS) is 12.1. The van der Waals surface area contributed by atoms with Gasteiger partial charge in [0.1, 0.15) is 5.75 Å². The minimum Gasteiger partial charge on any atom is -0.539 e. The van der Waals surface area contributed by atoms with E-state index >= 15 is 0 Å². The number of para-hydroxylation sites is 1. The average molecular weight is 243 g/mol. The molecule has 0 amide bonds. The molecule has 0 spiro atoms. The quantitative estimate of drug-likeness (QED) is 0.678. The standard InChI is InChI=1S/C12H10BNO2S/c15-13-16-8-5-6-10-12(7-8)17-11-4-2-1-3-9(11)14-10/h1-7,13-15H. The molecule has 0 atom stereocenters. The molecule has 0 radical (unpaired) electrons. The first-order valence-corrected chi connectivity index (χ1v) is 6.10. The summed E-state index contributed by atoms with van der Waals surface area (Å²) in [4.78, 5) is 2.30. The highest BCUT2D eigenvalue weighted by molar-refractivity contribution is 7.99. The molecule has 0 saturated heterocycles. The zero-order valence-electron chi connectivity index (χ0n) is 9.01. The third-order valence-electron chi connectivity index (χ3n) is 2.56. The topological polar surface area (TPSA) is 41.5 Å². The van der Waals surface area contributed by atoms with Crippen LogP contribution in [0.3, 0.4) is 0 Å². The van der Waals surface area contributed by atoms with E-state index in [9.17, 15) is 0 Å². The van der Waals surface area contributed by atoms with Gasteiger partial charge in [0.05, 0.1) is 11.4 Å². The Bertz CT molecular complexity index is 562. The Labute approximate surface area is 104 Å². The van der Waals surface area contributed by atoms with Crippen molar-refractivity contribution in [1.29, 1.82) is 0 Å². The fourth-order valence-corrected chi connectivity index (χ4v) is 2.79. The maximum absolute atomic E-state index is 8.74. The van der Waals surface area contributed by atoms with Crippen LogP contribution in [0.15, 0.2) is 52.3 Å². The molecule has 1 aliphatic heterocycles. The monoisotopic (exact) mass is 243 g/mol. The zero-order valence-corrected chi connectivity index (χ0v) is 9.83. The Balaban J connectivity index is 1.97. The molecule has 0 saturated carbocycles. The first-order valence-electron chi connectivity index (χ1n) is 5.28. The zero-order chi connectivity index (χ0) is 11.7. The van der Waals surface area contributed by atoms with E-state index in [4.69, 9.17) is 9.68 Å². The summed E-state index contributed by atoms with van der Waals surface area (Å²) < 4.78 is 5.07. The number of rotatable bonds is 2. The number of fused-ring (bicyclic) bond motifs is 2. The Hall–Kier alpha value is -1.59. The minimum absolute atomic E-state index is 0.298. The number of benzene rings is 2. The highest BCUT2D eigenvalue weighted by atomic mass is 32.2. The highest BCUT2D eigenvalue weighted by Crippen LogP contribution is 2.44. The second-order valence-electron chi connectivity index (χ2n) is 3.65. The van der Waals surface area contributed by atoms with Crippen molar-refractivity contribution in [3.63, 3.8) is 0 Å². The van der Waals surface area contributed by atoms with Crippen LogP contribution in [0, 0.1) is 0 Å². The van der Waals surface area contributed by atoms with E-state index in [0.717, 1.165) is 16.3 Å². The van der Waals surface area contributed by atoms with Gasteiger partial charge in [-0.25, -0.2) is 0 Å². The van der Waals surface area contributed by atoms with Crippen LogP contribution in [-0.2, 0) is 0 Å². The predicted octanol–water partition coefficient (Wildman–Crippen LogP) is 2.53. The van der Waals surface area contributed by atoms with E-state index in [2.05, 4.69) is 17.4 Å². The van der Waals surface area contributed by atoms with Crippen molar-refractivity contribution in [2.75, 3.05) is 5.32 Å². The summed E-state index contributed by atoms with van der Waals surface area (Å²) in [6.45, 7) is 0. The van der Waals surface area contributed by atoms with Crippen LogP contribution in [0.4, 0.5) is 11.4 Å². The van der Waals surface area contributed by atoms with Gasteiger partial charge in [-0.05, 0) is 30.3 Å². The van der Waals surface area contributed by atoms with Gasteiger partial charge in [0.25, 0.3) is 0 Å². The molecule has 2 aromatic rings. The number of nitrogens with one attached hydrogen (secondary N) is 1. The molecule has 5 heteroatoms. The van der Waals surface area contributed by atoms with Crippen LogP contribution in [0.25, 0.3) is 0 Å². The molecule has 0 aromatic heterocycles. The van der Waals surface area contributed by atoms with Crippen molar-refractivity contribution in [2.45, 2.75) is 9.79 Å². The molecule has 3 rings (SSSR count). The van der Waals surface area contributed by atoms with Gasteiger partial charge in [0.2, 0.25) is 0 Å². The molecule has 1 aliphatic rings. The van der Waals surface area contributed by atoms with E-state index in [1.165, 1.54) is 4.90 Å². The van der Waals surface area contributed by atoms with E-state index in [0.29, 0.717) is 5.75 Å². The fourth-order valence-electron chi connectivity index (χ4n) is 1.78. The van der Waals surface area contributed by atoms with E-state index in [1.54, 1.807) is 11.8 Å². The number of hydrogen-bond acceptors (Lipinski definition) is 4. The molecule has 84 valence electrons. The maximum atomic E-state index is 8.74. The van der Waals surface area contributed by atoms with Crippen molar-refractivity contribution in [3.05, 3.63) is 42.5 Å². The second kappa shape index (κ2) is 4.35. The molecule has 0 fully saturated rings. The summed E-state index contributed by atoms with van der Waals surface area (Å²) >= 11 is 1.70. The summed E-state index contributed by atoms with van der Waals surface area (Å²) in [5.74, 6) is 0.680. The molecular weight excluding hydrogens is 233 g/mol. The van der Waals surface area contributed by atoms with Crippen LogP contribution in [0.2, 0.25) is 0 Å². The SMILES string of the molecule is OBOc1ccc2c(c1)Sc1ccccc1N2. The van der Waals surface area contributed by atoms with Gasteiger partial charge in [0, 0.05) is 9.79 Å². The van der Waals surface area contributed by atoms with Crippen LogP contribution >= 0.6 is 11.8 Å². The molecule has 1 heterocycles. The first-order chi connectivity index (χ1) is 8.36. The van der Waals surface area contributed by atoms with Crippen molar-refractivity contribution in [2.24, 2.45) is 0 Å². The Morgan fingerprint density at radius 3 is 2.76 bits per heavy atom. The minimum atomic E-state index is -0.298. The third kappa shape index (κ3) is 1.99. The Morgan fingerprint density at radius 1 is 1.06 bits per heavy atom. The summed E-state index contributed by atoms with van der Waals surface area (Å²) in [6.07, 6.45) is 0. The van der Waals surface area contributed by atoms with Gasteiger partial charge in [-0.3, -0.25) is 0 Å². The lowest BCUT2D eigenvalue weighted by atomic mass is 10.2. The lowest BCUT2D eigenvalue weighted by molar-refractivity contribution is 0.453. The van der Waals surface area contributed by atoms with Crippen molar-refractivity contribution in [3.8, 4) is 5.75 Å². The predicted molar refractivity (Wildman–Crippen MR) is 70.3 cm³/mol. The smallest absolute Gasteiger partial charge is 0.504 e. The van der Waals surface area contributed by atoms with Gasteiger partial charge in [-0.1, -0.05) is 23.9 Å². The van der Waals surface area contributed by atoms with E-state index in [-0.39, 0.29) is 7.69 Å². The van der Waals surface area contributed by atoms with Gasteiger partial charge >= 0.3 is 7.69 Å². The average Bonchev–Trinajstić information content (AvgIpc) is 2.36. The van der Waals surface area contributed by atoms with Gasteiger partial charge < -0.3 is 15.0 Å². The van der Waals surface area contributed by atoms with E-state index < -0.39 is 0 Å². The molecular formula is C12H10BNO2S. The van der Waals surface area contributed by atoms with Crippen molar-refractivity contribution >= 4 is 30.8 Å². The summed E-state index contributed by atoms with van der Waals surface area (Å²) in [6, 6.07) is 13.9. The molecule has 0 aliphatic carbocycles.